The third-order valence-electron chi connectivity index (χ3n) is 6.69. The Labute approximate surface area is 214 Å². The number of aliphatic hydroxyl groups excluding tert-OH is 1. The second-order valence-corrected chi connectivity index (χ2v) is 11.4. The van der Waals surface area contributed by atoms with Gasteiger partial charge in [0.25, 0.3) is 0 Å². The summed E-state index contributed by atoms with van der Waals surface area (Å²) in [5, 5.41) is 19.3. The van der Waals surface area contributed by atoms with E-state index in [1.807, 2.05) is 6.92 Å². The minimum atomic E-state index is -1.86. The lowest BCUT2D eigenvalue weighted by Gasteiger charge is -2.30. The average Bonchev–Trinajstić information content (AvgIpc) is 2.83. The zero-order valence-corrected chi connectivity index (χ0v) is 22.5. The van der Waals surface area contributed by atoms with Gasteiger partial charge in [-0.25, -0.2) is 0 Å². The zero-order valence-electron chi connectivity index (χ0n) is 21.7. The van der Waals surface area contributed by atoms with E-state index < -0.39 is 28.1 Å². The van der Waals surface area contributed by atoms with Crippen LogP contribution in [0.1, 0.15) is 102 Å². The van der Waals surface area contributed by atoms with Gasteiger partial charge in [-0.3, -0.25) is 9.00 Å². The molecule has 6 nitrogen and oxygen atoms in total. The van der Waals surface area contributed by atoms with Gasteiger partial charge in [-0.1, -0.05) is 82.4 Å². The molecule has 1 aromatic carbocycles. The van der Waals surface area contributed by atoms with Gasteiger partial charge in [-0.2, -0.15) is 0 Å². The Balaban J connectivity index is 1.91. The van der Waals surface area contributed by atoms with Gasteiger partial charge in [0.2, 0.25) is 0 Å². The molecule has 1 fully saturated rings. The van der Waals surface area contributed by atoms with E-state index in [-0.39, 0.29) is 18.8 Å². The Morgan fingerprint density at radius 2 is 1.69 bits per heavy atom. The minimum Gasteiger partial charge on any atom is -0.480 e. The van der Waals surface area contributed by atoms with Crippen molar-refractivity contribution >= 4 is 16.8 Å². The Morgan fingerprint density at radius 1 is 1.06 bits per heavy atom. The van der Waals surface area contributed by atoms with Gasteiger partial charge in [0.05, 0.1) is 23.0 Å². The van der Waals surface area contributed by atoms with Gasteiger partial charge < -0.3 is 19.7 Å². The van der Waals surface area contributed by atoms with Crippen molar-refractivity contribution in [3.05, 3.63) is 29.8 Å². The second kappa shape index (κ2) is 17.2. The van der Waals surface area contributed by atoms with Crippen LogP contribution >= 0.6 is 0 Å². The smallest absolute Gasteiger partial charge is 0.322 e. The first-order valence-electron chi connectivity index (χ1n) is 13.6. The zero-order chi connectivity index (χ0) is 25.5. The summed E-state index contributed by atoms with van der Waals surface area (Å²) in [5.74, 6) is -1.26. The molecule has 0 amide bonds. The molecule has 0 aromatic heterocycles. The van der Waals surface area contributed by atoms with Crippen molar-refractivity contribution in [1.29, 1.82) is 0 Å². The maximum absolute atomic E-state index is 13.0. The predicted molar refractivity (Wildman–Crippen MR) is 140 cm³/mol. The maximum Gasteiger partial charge on any atom is 0.322 e. The van der Waals surface area contributed by atoms with Gasteiger partial charge >= 0.3 is 5.97 Å². The highest BCUT2D eigenvalue weighted by molar-refractivity contribution is 7.86. The summed E-state index contributed by atoms with van der Waals surface area (Å²) in [6.07, 6.45) is 12.7. The molecule has 2 rings (SSSR count). The molecule has 0 radical (unpaired) electrons. The molecule has 3 unspecified atom stereocenters. The molecular formula is C28H46O6S. The number of hydrogen-bond donors (Lipinski definition) is 2. The SMILES string of the molecule is CCCCCCCCCCCC(CC(O)[C@H](C(=O)O)S(=O)c1ccc(C)cc1)O[C@H]1CCCCO1. The van der Waals surface area contributed by atoms with E-state index in [2.05, 4.69) is 6.92 Å². The minimum absolute atomic E-state index is 0.130. The standard InChI is InChI=1S/C28H46O6S/c1-3-4-5-6-7-8-9-10-11-14-23(34-26-15-12-13-20-33-26)21-25(29)27(28(30)31)35(32)24-18-16-22(2)17-19-24/h16-19,23,25-27,29H,3-15,20-21H2,1-2H3,(H,30,31)/t23?,25?,26-,27+,35?/m0/s1. The van der Waals surface area contributed by atoms with Gasteiger partial charge in [0.15, 0.2) is 11.5 Å². The molecule has 0 bridgehead atoms. The number of carbonyl (C=O) groups is 1. The topological polar surface area (TPSA) is 93.1 Å². The van der Waals surface area contributed by atoms with Crippen molar-refractivity contribution in [3.8, 4) is 0 Å². The van der Waals surface area contributed by atoms with E-state index in [0.29, 0.717) is 11.5 Å². The molecule has 0 saturated carbocycles. The molecule has 1 heterocycles. The van der Waals surface area contributed by atoms with Gasteiger partial charge in [0.1, 0.15) is 0 Å². The van der Waals surface area contributed by atoms with E-state index in [9.17, 15) is 19.2 Å². The molecule has 200 valence electrons. The van der Waals surface area contributed by atoms with Crippen LogP contribution in [0.3, 0.4) is 0 Å². The summed E-state index contributed by atoms with van der Waals surface area (Å²) in [6.45, 7) is 4.80. The number of hydrogen-bond acceptors (Lipinski definition) is 5. The highest BCUT2D eigenvalue weighted by atomic mass is 32.2. The van der Waals surface area contributed by atoms with Crippen molar-refractivity contribution in [2.24, 2.45) is 0 Å². The molecule has 35 heavy (non-hydrogen) atoms. The van der Waals surface area contributed by atoms with Crippen LogP contribution in [0.25, 0.3) is 0 Å². The van der Waals surface area contributed by atoms with Crippen LogP contribution < -0.4 is 0 Å². The molecule has 0 spiro atoms. The fraction of sp³-hybridized carbons (Fsp3) is 0.750. The number of ether oxygens (including phenoxy) is 2. The van der Waals surface area contributed by atoms with E-state index in [0.717, 1.165) is 44.1 Å². The number of carboxylic acids is 1. The molecule has 1 aromatic rings. The highest BCUT2D eigenvalue weighted by Gasteiger charge is 2.35. The molecule has 1 aliphatic heterocycles. The monoisotopic (exact) mass is 510 g/mol. The van der Waals surface area contributed by atoms with Gasteiger partial charge in [0, 0.05) is 17.9 Å². The number of carboxylic acid groups (broad SMARTS) is 1. The van der Waals surface area contributed by atoms with Crippen LogP contribution in [-0.4, -0.2) is 50.7 Å². The molecule has 7 heteroatoms. The summed E-state index contributed by atoms with van der Waals surface area (Å²) in [6, 6.07) is 6.93. The van der Waals surface area contributed by atoms with E-state index in [4.69, 9.17) is 9.47 Å². The molecule has 1 aliphatic rings. The van der Waals surface area contributed by atoms with Crippen molar-refractivity contribution < 1.29 is 28.7 Å². The summed E-state index contributed by atoms with van der Waals surface area (Å²) in [7, 11) is -1.86. The third kappa shape index (κ3) is 11.5. The third-order valence-corrected chi connectivity index (χ3v) is 8.41. The first-order chi connectivity index (χ1) is 16.9. The van der Waals surface area contributed by atoms with Crippen LogP contribution in [0.15, 0.2) is 29.2 Å². The Kier molecular flexibility index (Phi) is 14.7. The lowest BCUT2D eigenvalue weighted by atomic mass is 10.0. The number of aliphatic carboxylic acids is 1. The maximum atomic E-state index is 13.0. The highest BCUT2D eigenvalue weighted by Crippen LogP contribution is 2.24. The van der Waals surface area contributed by atoms with Crippen molar-refractivity contribution in [1.82, 2.24) is 0 Å². The molecule has 5 atom stereocenters. The lowest BCUT2D eigenvalue weighted by Crippen LogP contribution is -2.41. The van der Waals surface area contributed by atoms with Crippen LogP contribution in [-0.2, 0) is 25.1 Å². The summed E-state index contributed by atoms with van der Waals surface area (Å²) < 4.78 is 25.0. The largest absolute Gasteiger partial charge is 0.480 e. The molecule has 0 aliphatic carbocycles. The number of benzene rings is 1. The van der Waals surface area contributed by atoms with E-state index in [1.54, 1.807) is 24.3 Å². The molecular weight excluding hydrogens is 464 g/mol. The summed E-state index contributed by atoms with van der Waals surface area (Å²) >= 11 is 0. The van der Waals surface area contributed by atoms with Crippen LogP contribution in [0.4, 0.5) is 0 Å². The number of aryl methyl sites for hydroxylation is 1. The fourth-order valence-corrected chi connectivity index (χ4v) is 5.85. The van der Waals surface area contributed by atoms with Crippen molar-refractivity contribution in [3.63, 3.8) is 0 Å². The summed E-state index contributed by atoms with van der Waals surface area (Å²) in [5.41, 5.74) is 1.00. The number of rotatable bonds is 18. The first kappa shape index (κ1) is 29.9. The quantitative estimate of drug-likeness (QED) is 0.230. The van der Waals surface area contributed by atoms with Gasteiger partial charge in [-0.05, 0) is 44.7 Å². The van der Waals surface area contributed by atoms with E-state index >= 15 is 0 Å². The Bertz CT molecular complexity index is 731. The number of aliphatic hydroxyl groups is 1. The van der Waals surface area contributed by atoms with E-state index in [1.165, 1.54) is 44.9 Å². The Morgan fingerprint density at radius 3 is 2.26 bits per heavy atom. The molecule has 2 N–H and O–H groups in total. The Hall–Kier alpha value is -1.28. The van der Waals surface area contributed by atoms with Crippen molar-refractivity contribution in [2.45, 2.75) is 132 Å². The average molecular weight is 511 g/mol. The summed E-state index contributed by atoms with van der Waals surface area (Å²) in [4.78, 5) is 12.4. The van der Waals surface area contributed by atoms with Gasteiger partial charge in [-0.15, -0.1) is 0 Å². The normalized spacial score (nSPS) is 19.7. The second-order valence-electron chi connectivity index (χ2n) is 9.84. The van der Waals surface area contributed by atoms with Crippen LogP contribution in [0.2, 0.25) is 0 Å². The van der Waals surface area contributed by atoms with Crippen LogP contribution in [0, 0.1) is 6.92 Å². The lowest BCUT2D eigenvalue weighted by molar-refractivity contribution is -0.194. The van der Waals surface area contributed by atoms with Crippen LogP contribution in [0.5, 0.6) is 0 Å². The van der Waals surface area contributed by atoms with Crippen molar-refractivity contribution in [2.75, 3.05) is 6.61 Å². The number of unbranched alkanes of at least 4 members (excludes halogenated alkanes) is 8. The first-order valence-corrected chi connectivity index (χ1v) is 14.8. The molecule has 1 saturated heterocycles. The fourth-order valence-electron chi connectivity index (χ4n) is 4.57. The predicted octanol–water partition coefficient (Wildman–Crippen LogP) is 6.14.